The Balaban J connectivity index is 1.96. The van der Waals surface area contributed by atoms with Crippen LogP contribution in [0.5, 0.6) is 11.5 Å². The number of ether oxygens (including phenoxy) is 3. The molecule has 2 heterocycles. The van der Waals surface area contributed by atoms with Crippen LogP contribution in [0.1, 0.15) is 6.92 Å². The van der Waals surface area contributed by atoms with Crippen LogP contribution < -0.4 is 14.8 Å². The number of fused-ring (bicyclic) bond motifs is 2. The first-order chi connectivity index (χ1) is 9.78. The Morgan fingerprint density at radius 1 is 1.30 bits per heavy atom. The molecule has 0 bridgehead atoms. The second kappa shape index (κ2) is 5.54. The van der Waals surface area contributed by atoms with Gasteiger partial charge in [-0.05, 0) is 30.5 Å². The Morgan fingerprint density at radius 3 is 2.80 bits per heavy atom. The van der Waals surface area contributed by atoms with Crippen molar-refractivity contribution in [3.05, 3.63) is 24.4 Å². The number of benzene rings is 1. The molecular formula is C15H18N2O3. The normalized spacial score (nSPS) is 15.1. The predicted molar refractivity (Wildman–Crippen MR) is 77.7 cm³/mol. The van der Waals surface area contributed by atoms with Crippen molar-refractivity contribution < 1.29 is 14.2 Å². The largest absolute Gasteiger partial charge is 0.486 e. The number of anilines is 1. The lowest BCUT2D eigenvalue weighted by Crippen LogP contribution is -2.19. The number of aromatic nitrogens is 1. The molecule has 0 fully saturated rings. The number of hydrogen-bond donors (Lipinski definition) is 1. The van der Waals surface area contributed by atoms with Crippen LogP contribution in [0.2, 0.25) is 0 Å². The maximum atomic E-state index is 5.63. The van der Waals surface area contributed by atoms with E-state index in [2.05, 4.69) is 10.3 Å². The summed E-state index contributed by atoms with van der Waals surface area (Å²) in [7, 11) is 1.70. The van der Waals surface area contributed by atoms with Crippen molar-refractivity contribution in [2.75, 3.05) is 32.2 Å². The molecule has 0 spiro atoms. The van der Waals surface area contributed by atoms with Crippen molar-refractivity contribution in [3.63, 3.8) is 0 Å². The summed E-state index contributed by atoms with van der Waals surface area (Å²) in [6.45, 7) is 3.90. The number of nitrogens with one attached hydrogen (secondary N) is 1. The van der Waals surface area contributed by atoms with Crippen molar-refractivity contribution in [1.29, 1.82) is 0 Å². The Morgan fingerprint density at radius 2 is 2.05 bits per heavy atom. The Hall–Kier alpha value is -2.01. The topological polar surface area (TPSA) is 52.6 Å². The maximum Gasteiger partial charge on any atom is 0.162 e. The number of nitrogens with zero attached hydrogens (tertiary/aromatic N) is 1. The van der Waals surface area contributed by atoms with Crippen LogP contribution in [-0.2, 0) is 4.74 Å². The lowest BCUT2D eigenvalue weighted by atomic mass is 10.1. The van der Waals surface area contributed by atoms with Crippen molar-refractivity contribution in [3.8, 4) is 11.5 Å². The van der Waals surface area contributed by atoms with E-state index in [4.69, 9.17) is 14.2 Å². The average molecular weight is 274 g/mol. The van der Waals surface area contributed by atoms with Gasteiger partial charge in [0.1, 0.15) is 19.0 Å². The van der Waals surface area contributed by atoms with Gasteiger partial charge >= 0.3 is 0 Å². The van der Waals surface area contributed by atoms with E-state index < -0.39 is 0 Å². The van der Waals surface area contributed by atoms with Crippen LogP contribution in [-0.4, -0.2) is 38.0 Å². The van der Waals surface area contributed by atoms with Gasteiger partial charge in [0.15, 0.2) is 11.5 Å². The first kappa shape index (κ1) is 13.0. The summed E-state index contributed by atoms with van der Waals surface area (Å²) in [6.07, 6.45) is 1.92. The first-order valence-electron chi connectivity index (χ1n) is 6.73. The van der Waals surface area contributed by atoms with E-state index in [1.54, 1.807) is 13.3 Å². The molecule has 5 heteroatoms. The van der Waals surface area contributed by atoms with Crippen LogP contribution in [0, 0.1) is 0 Å². The van der Waals surface area contributed by atoms with Gasteiger partial charge in [0.25, 0.3) is 0 Å². The van der Waals surface area contributed by atoms with Crippen LogP contribution in [0.25, 0.3) is 10.8 Å². The van der Waals surface area contributed by atoms with E-state index in [1.807, 2.05) is 25.1 Å². The lowest BCUT2D eigenvalue weighted by molar-refractivity contribution is 0.128. The molecule has 0 aliphatic carbocycles. The third-order valence-corrected chi connectivity index (χ3v) is 3.39. The highest BCUT2D eigenvalue weighted by Gasteiger charge is 2.14. The molecule has 0 saturated carbocycles. The van der Waals surface area contributed by atoms with Crippen molar-refractivity contribution in [2.24, 2.45) is 0 Å². The van der Waals surface area contributed by atoms with Gasteiger partial charge in [0.05, 0.1) is 6.10 Å². The fourth-order valence-electron chi connectivity index (χ4n) is 2.17. The van der Waals surface area contributed by atoms with Crippen molar-refractivity contribution in [2.45, 2.75) is 13.0 Å². The first-order valence-corrected chi connectivity index (χ1v) is 6.73. The van der Waals surface area contributed by atoms with Gasteiger partial charge in [-0.3, -0.25) is 0 Å². The standard InChI is InChI=1S/C15H18N2O3/c1-10(18-2)9-17-15-12-8-14-13(19-5-6-20-14)7-11(12)3-4-16-15/h3-4,7-8,10H,5-6,9H2,1-2H3,(H,16,17). The number of pyridine rings is 1. The molecule has 0 saturated heterocycles. The fourth-order valence-corrected chi connectivity index (χ4v) is 2.17. The predicted octanol–water partition coefficient (Wildman–Crippen LogP) is 2.45. The summed E-state index contributed by atoms with van der Waals surface area (Å²) in [5.74, 6) is 2.41. The fraction of sp³-hybridized carbons (Fsp3) is 0.400. The summed E-state index contributed by atoms with van der Waals surface area (Å²) < 4.78 is 16.5. The van der Waals surface area contributed by atoms with Gasteiger partial charge in [-0.15, -0.1) is 0 Å². The molecule has 20 heavy (non-hydrogen) atoms. The third-order valence-electron chi connectivity index (χ3n) is 3.39. The molecule has 1 aromatic carbocycles. The smallest absolute Gasteiger partial charge is 0.162 e. The average Bonchev–Trinajstić information content (AvgIpc) is 2.50. The van der Waals surface area contributed by atoms with Gasteiger partial charge in [-0.2, -0.15) is 0 Å². The zero-order valence-corrected chi connectivity index (χ0v) is 11.7. The highest BCUT2D eigenvalue weighted by molar-refractivity contribution is 5.94. The number of hydrogen-bond acceptors (Lipinski definition) is 5. The number of methoxy groups -OCH3 is 1. The summed E-state index contributed by atoms with van der Waals surface area (Å²) in [5.41, 5.74) is 0. The van der Waals surface area contributed by atoms with Crippen LogP contribution in [0.3, 0.4) is 0 Å². The number of rotatable bonds is 4. The maximum absolute atomic E-state index is 5.63. The molecule has 3 rings (SSSR count). The molecule has 0 amide bonds. The monoisotopic (exact) mass is 274 g/mol. The minimum Gasteiger partial charge on any atom is -0.486 e. The highest BCUT2D eigenvalue weighted by atomic mass is 16.6. The van der Waals surface area contributed by atoms with E-state index in [9.17, 15) is 0 Å². The molecule has 1 unspecified atom stereocenters. The molecule has 5 nitrogen and oxygen atoms in total. The van der Waals surface area contributed by atoms with Crippen LogP contribution in [0.4, 0.5) is 5.82 Å². The second-order valence-electron chi connectivity index (χ2n) is 4.80. The molecule has 1 aliphatic rings. The quantitative estimate of drug-likeness (QED) is 0.928. The van der Waals surface area contributed by atoms with E-state index in [1.165, 1.54) is 0 Å². The van der Waals surface area contributed by atoms with Crippen molar-refractivity contribution >= 4 is 16.6 Å². The molecule has 1 atom stereocenters. The summed E-state index contributed by atoms with van der Waals surface area (Å²) >= 11 is 0. The Kier molecular flexibility index (Phi) is 3.60. The molecule has 2 aromatic rings. The minimum absolute atomic E-state index is 0.129. The van der Waals surface area contributed by atoms with Gasteiger partial charge < -0.3 is 19.5 Å². The molecule has 1 N–H and O–H groups in total. The SMILES string of the molecule is COC(C)CNc1nccc2cc3c(cc12)OCCO3. The van der Waals surface area contributed by atoms with Crippen LogP contribution >= 0.6 is 0 Å². The Labute approximate surface area is 117 Å². The minimum atomic E-state index is 0.129. The summed E-state index contributed by atoms with van der Waals surface area (Å²) in [5, 5.41) is 5.42. The lowest BCUT2D eigenvalue weighted by Gasteiger charge is -2.20. The van der Waals surface area contributed by atoms with E-state index >= 15 is 0 Å². The van der Waals surface area contributed by atoms with Gasteiger partial charge in [-0.25, -0.2) is 4.98 Å². The highest BCUT2D eigenvalue weighted by Crippen LogP contribution is 2.36. The van der Waals surface area contributed by atoms with E-state index in [-0.39, 0.29) is 6.10 Å². The molecular weight excluding hydrogens is 256 g/mol. The van der Waals surface area contributed by atoms with Gasteiger partial charge in [0, 0.05) is 25.2 Å². The Bertz CT molecular complexity index is 615. The summed E-state index contributed by atoms with van der Waals surface area (Å²) in [4.78, 5) is 4.40. The summed E-state index contributed by atoms with van der Waals surface area (Å²) in [6, 6.07) is 5.95. The van der Waals surface area contributed by atoms with Gasteiger partial charge in [-0.1, -0.05) is 0 Å². The van der Waals surface area contributed by atoms with E-state index in [0.717, 1.165) is 28.1 Å². The molecule has 1 aromatic heterocycles. The van der Waals surface area contributed by atoms with Crippen molar-refractivity contribution in [1.82, 2.24) is 4.98 Å². The zero-order chi connectivity index (χ0) is 13.9. The molecule has 1 aliphatic heterocycles. The second-order valence-corrected chi connectivity index (χ2v) is 4.80. The van der Waals surface area contributed by atoms with Crippen LogP contribution in [0.15, 0.2) is 24.4 Å². The molecule has 0 radical (unpaired) electrons. The third kappa shape index (κ3) is 2.49. The van der Waals surface area contributed by atoms with Gasteiger partial charge in [0.2, 0.25) is 0 Å². The molecule has 106 valence electrons. The van der Waals surface area contributed by atoms with E-state index in [0.29, 0.717) is 19.8 Å². The zero-order valence-electron chi connectivity index (χ0n) is 11.7.